The standard InChI is InChI=1S/C12H21N5O3/c1-3-5-9(4-2)14-12(20)13-6-7-17-8-10(11(18)19)15-16-17/h8-9H,3-7H2,1-2H3,(H,18,19)(H2,13,14,20). The number of aromatic carboxylic acids is 1. The number of nitrogens with one attached hydrogen (secondary N) is 2. The fourth-order valence-corrected chi connectivity index (χ4v) is 1.75. The highest BCUT2D eigenvalue weighted by Crippen LogP contribution is 2.00. The molecule has 2 amide bonds. The van der Waals surface area contributed by atoms with Gasteiger partial charge in [0.25, 0.3) is 0 Å². The molecule has 8 heteroatoms. The molecule has 3 N–H and O–H groups in total. The second-order valence-corrected chi connectivity index (χ2v) is 4.47. The van der Waals surface area contributed by atoms with Crippen LogP contribution in [0, 0.1) is 0 Å². The molecule has 0 aliphatic rings. The SMILES string of the molecule is CCCC(CC)NC(=O)NCCn1cc(C(=O)O)nn1. The van der Waals surface area contributed by atoms with Crippen LogP contribution in [0.4, 0.5) is 4.79 Å². The molecule has 0 fully saturated rings. The molecule has 1 heterocycles. The number of carboxylic acids is 1. The molecule has 20 heavy (non-hydrogen) atoms. The van der Waals surface area contributed by atoms with E-state index in [4.69, 9.17) is 5.11 Å². The highest BCUT2D eigenvalue weighted by atomic mass is 16.4. The van der Waals surface area contributed by atoms with Crippen LogP contribution in [0.3, 0.4) is 0 Å². The maximum absolute atomic E-state index is 11.6. The van der Waals surface area contributed by atoms with Crippen molar-refractivity contribution < 1.29 is 14.7 Å². The van der Waals surface area contributed by atoms with Crippen molar-refractivity contribution >= 4 is 12.0 Å². The van der Waals surface area contributed by atoms with Gasteiger partial charge in [-0.2, -0.15) is 0 Å². The Hall–Kier alpha value is -2.12. The van der Waals surface area contributed by atoms with Gasteiger partial charge in [-0.3, -0.25) is 0 Å². The predicted molar refractivity (Wildman–Crippen MR) is 72.5 cm³/mol. The number of urea groups is 1. The summed E-state index contributed by atoms with van der Waals surface area (Å²) in [5.41, 5.74) is -0.108. The van der Waals surface area contributed by atoms with E-state index in [0.717, 1.165) is 19.3 Å². The van der Waals surface area contributed by atoms with Crippen molar-refractivity contribution in [3.05, 3.63) is 11.9 Å². The molecule has 1 rings (SSSR count). The van der Waals surface area contributed by atoms with Gasteiger partial charge in [-0.05, 0) is 12.8 Å². The third kappa shape index (κ3) is 5.25. The average Bonchev–Trinajstić information content (AvgIpc) is 2.87. The zero-order valence-electron chi connectivity index (χ0n) is 11.8. The van der Waals surface area contributed by atoms with Crippen LogP contribution in [0.5, 0.6) is 0 Å². The molecule has 0 aliphatic carbocycles. The van der Waals surface area contributed by atoms with Crippen LogP contribution in [-0.4, -0.2) is 44.7 Å². The van der Waals surface area contributed by atoms with Crippen molar-refractivity contribution in [2.45, 2.75) is 45.7 Å². The number of hydrogen-bond acceptors (Lipinski definition) is 4. The fraction of sp³-hybridized carbons (Fsp3) is 0.667. The van der Waals surface area contributed by atoms with E-state index in [1.165, 1.54) is 10.9 Å². The average molecular weight is 283 g/mol. The normalized spacial score (nSPS) is 11.9. The van der Waals surface area contributed by atoms with Crippen LogP contribution in [0.2, 0.25) is 0 Å². The Labute approximate surface area is 117 Å². The quantitative estimate of drug-likeness (QED) is 0.655. The molecule has 1 atom stereocenters. The van der Waals surface area contributed by atoms with E-state index in [9.17, 15) is 9.59 Å². The minimum absolute atomic E-state index is 0.108. The van der Waals surface area contributed by atoms with Gasteiger partial charge in [-0.25, -0.2) is 14.3 Å². The van der Waals surface area contributed by atoms with Gasteiger partial charge in [-0.15, -0.1) is 5.10 Å². The molecular weight excluding hydrogens is 262 g/mol. The Bertz CT molecular complexity index is 446. The Morgan fingerprint density at radius 1 is 1.45 bits per heavy atom. The number of rotatable bonds is 8. The van der Waals surface area contributed by atoms with E-state index in [1.54, 1.807) is 0 Å². The third-order valence-electron chi connectivity index (χ3n) is 2.85. The van der Waals surface area contributed by atoms with Gasteiger partial charge in [0.15, 0.2) is 5.69 Å². The van der Waals surface area contributed by atoms with Crippen LogP contribution in [-0.2, 0) is 6.54 Å². The summed E-state index contributed by atoms with van der Waals surface area (Å²) < 4.78 is 1.38. The lowest BCUT2D eigenvalue weighted by atomic mass is 10.1. The number of aromatic nitrogens is 3. The van der Waals surface area contributed by atoms with Crippen molar-refractivity contribution in [1.29, 1.82) is 0 Å². The summed E-state index contributed by atoms with van der Waals surface area (Å²) in [6.07, 6.45) is 4.20. The molecule has 1 unspecified atom stereocenters. The van der Waals surface area contributed by atoms with E-state index >= 15 is 0 Å². The molecule has 112 valence electrons. The monoisotopic (exact) mass is 283 g/mol. The van der Waals surface area contributed by atoms with E-state index < -0.39 is 5.97 Å². The maximum atomic E-state index is 11.6. The first-order valence-electron chi connectivity index (χ1n) is 6.74. The summed E-state index contributed by atoms with van der Waals surface area (Å²) >= 11 is 0. The predicted octanol–water partition coefficient (Wildman–Crippen LogP) is 0.854. The minimum atomic E-state index is -1.12. The van der Waals surface area contributed by atoms with Gasteiger partial charge in [0.2, 0.25) is 0 Å². The summed E-state index contributed by atoms with van der Waals surface area (Å²) in [5.74, 6) is -1.12. The smallest absolute Gasteiger partial charge is 0.358 e. The van der Waals surface area contributed by atoms with Crippen LogP contribution in [0.1, 0.15) is 43.6 Å². The molecule has 0 spiro atoms. The lowest BCUT2D eigenvalue weighted by Crippen LogP contribution is -2.42. The molecule has 1 aromatic heterocycles. The lowest BCUT2D eigenvalue weighted by molar-refractivity contribution is 0.0690. The van der Waals surface area contributed by atoms with Crippen LogP contribution < -0.4 is 10.6 Å². The molecule has 0 radical (unpaired) electrons. The van der Waals surface area contributed by atoms with Crippen molar-refractivity contribution in [2.24, 2.45) is 0 Å². The first kappa shape index (κ1) is 15.9. The highest BCUT2D eigenvalue weighted by molar-refractivity contribution is 5.84. The van der Waals surface area contributed by atoms with Crippen LogP contribution >= 0.6 is 0 Å². The first-order chi connectivity index (χ1) is 9.56. The van der Waals surface area contributed by atoms with Gasteiger partial charge < -0.3 is 15.7 Å². The van der Waals surface area contributed by atoms with Crippen molar-refractivity contribution in [1.82, 2.24) is 25.6 Å². The van der Waals surface area contributed by atoms with Crippen LogP contribution in [0.25, 0.3) is 0 Å². The third-order valence-corrected chi connectivity index (χ3v) is 2.85. The molecule has 0 aliphatic heterocycles. The zero-order chi connectivity index (χ0) is 15.0. The number of nitrogens with zero attached hydrogens (tertiary/aromatic N) is 3. The van der Waals surface area contributed by atoms with Crippen molar-refractivity contribution in [2.75, 3.05) is 6.54 Å². The number of carboxylic acid groups (broad SMARTS) is 1. The number of amides is 2. The summed E-state index contributed by atoms with van der Waals surface area (Å²) in [4.78, 5) is 22.2. The largest absolute Gasteiger partial charge is 0.476 e. The van der Waals surface area contributed by atoms with Gasteiger partial charge >= 0.3 is 12.0 Å². The van der Waals surface area contributed by atoms with Gasteiger partial charge in [0.1, 0.15) is 0 Å². The molecule has 0 saturated carbocycles. The van der Waals surface area contributed by atoms with Crippen molar-refractivity contribution in [3.8, 4) is 0 Å². The summed E-state index contributed by atoms with van der Waals surface area (Å²) in [6.45, 7) is 4.84. The number of carbonyl (C=O) groups is 2. The lowest BCUT2D eigenvalue weighted by Gasteiger charge is -2.16. The molecule has 0 bridgehead atoms. The van der Waals surface area contributed by atoms with E-state index in [1.807, 2.05) is 6.92 Å². The minimum Gasteiger partial charge on any atom is -0.476 e. The maximum Gasteiger partial charge on any atom is 0.358 e. The number of hydrogen-bond donors (Lipinski definition) is 3. The second-order valence-electron chi connectivity index (χ2n) is 4.47. The van der Waals surface area contributed by atoms with Gasteiger partial charge in [-0.1, -0.05) is 25.5 Å². The molecule has 8 nitrogen and oxygen atoms in total. The summed E-state index contributed by atoms with van der Waals surface area (Å²) in [7, 11) is 0. The van der Waals surface area contributed by atoms with E-state index in [-0.39, 0.29) is 17.8 Å². The second kappa shape index (κ2) is 8.13. The molecule has 1 aromatic rings. The van der Waals surface area contributed by atoms with E-state index in [0.29, 0.717) is 13.1 Å². The van der Waals surface area contributed by atoms with Crippen LogP contribution in [0.15, 0.2) is 6.20 Å². The molecule has 0 aromatic carbocycles. The molecule has 0 saturated heterocycles. The topological polar surface area (TPSA) is 109 Å². The Balaban J connectivity index is 2.28. The Morgan fingerprint density at radius 3 is 2.75 bits per heavy atom. The van der Waals surface area contributed by atoms with E-state index in [2.05, 4.69) is 27.9 Å². The number of carbonyl (C=O) groups excluding carboxylic acids is 1. The first-order valence-corrected chi connectivity index (χ1v) is 6.74. The van der Waals surface area contributed by atoms with Gasteiger partial charge in [0.05, 0.1) is 12.7 Å². The Morgan fingerprint density at radius 2 is 2.20 bits per heavy atom. The zero-order valence-corrected chi connectivity index (χ0v) is 11.8. The summed E-state index contributed by atoms with van der Waals surface area (Å²) in [6, 6.07) is -0.0335. The van der Waals surface area contributed by atoms with Crippen molar-refractivity contribution in [3.63, 3.8) is 0 Å². The fourth-order valence-electron chi connectivity index (χ4n) is 1.75. The summed E-state index contributed by atoms with van der Waals surface area (Å²) in [5, 5.41) is 21.4. The molecular formula is C12H21N5O3. The highest BCUT2D eigenvalue weighted by Gasteiger charge is 2.10. The Kier molecular flexibility index (Phi) is 6.48. The van der Waals surface area contributed by atoms with Gasteiger partial charge in [0, 0.05) is 12.6 Å².